The number of hydrogen-bond acceptors (Lipinski definition) is 3. The summed E-state index contributed by atoms with van der Waals surface area (Å²) in [5, 5.41) is 2.85. The van der Waals surface area contributed by atoms with Crippen molar-refractivity contribution < 1.29 is 4.57 Å². The summed E-state index contributed by atoms with van der Waals surface area (Å²) in [6.45, 7) is 0. The molecule has 2 rings (SSSR count). The van der Waals surface area contributed by atoms with Gasteiger partial charge in [-0.25, -0.2) is 19.5 Å². The summed E-state index contributed by atoms with van der Waals surface area (Å²) in [6, 6.07) is 1.88. The molecular weight excluding hydrogens is 216 g/mol. The highest BCUT2D eigenvalue weighted by Gasteiger charge is 2.07. The van der Waals surface area contributed by atoms with Gasteiger partial charge >= 0.3 is 0 Å². The summed E-state index contributed by atoms with van der Waals surface area (Å²) in [6.07, 6.45) is 7.00. The van der Waals surface area contributed by atoms with Crippen molar-refractivity contribution in [2.24, 2.45) is 17.8 Å². The van der Waals surface area contributed by atoms with Gasteiger partial charge in [-0.3, -0.25) is 0 Å². The maximum absolute atomic E-state index is 5.72. The first-order chi connectivity index (χ1) is 8.20. The minimum Gasteiger partial charge on any atom is -0.394 e. The van der Waals surface area contributed by atoms with Crippen LogP contribution >= 0.6 is 0 Å². The minimum absolute atomic E-state index is 0.407. The maximum Gasteiger partial charge on any atom is 0.242 e. The quantitative estimate of drug-likeness (QED) is 0.398. The van der Waals surface area contributed by atoms with E-state index < -0.39 is 0 Å². The molecule has 0 saturated heterocycles. The molecule has 0 bridgehead atoms. The fraction of sp³-hybridized carbons (Fsp3) is 0.182. The van der Waals surface area contributed by atoms with Crippen molar-refractivity contribution in [3.8, 4) is 0 Å². The van der Waals surface area contributed by atoms with Crippen molar-refractivity contribution in [1.82, 2.24) is 15.3 Å². The van der Waals surface area contributed by atoms with Gasteiger partial charge in [0, 0.05) is 13.1 Å². The Balaban J connectivity index is 2.36. The summed E-state index contributed by atoms with van der Waals surface area (Å²) in [4.78, 5) is 11.5. The molecule has 0 saturated carbocycles. The van der Waals surface area contributed by atoms with Gasteiger partial charge in [0.25, 0.3) is 0 Å². The number of amidine groups is 1. The number of rotatable bonds is 3. The second-order valence-corrected chi connectivity index (χ2v) is 3.60. The van der Waals surface area contributed by atoms with Gasteiger partial charge in [-0.2, -0.15) is 0 Å². The molecule has 0 aliphatic carbocycles. The molecule has 4 N–H and O–H groups in total. The molecule has 0 spiro atoms. The van der Waals surface area contributed by atoms with Crippen LogP contribution in [0.15, 0.2) is 35.9 Å². The molecule has 2 aromatic heterocycles. The van der Waals surface area contributed by atoms with Crippen LogP contribution in [0.5, 0.6) is 0 Å². The first-order valence-corrected chi connectivity index (χ1v) is 5.21. The Morgan fingerprint density at radius 1 is 1.65 bits per heavy atom. The number of nitrogens with two attached hydrogens (primary N) is 1. The van der Waals surface area contributed by atoms with E-state index in [1.807, 2.05) is 24.0 Å². The van der Waals surface area contributed by atoms with Crippen molar-refractivity contribution in [2.45, 2.75) is 0 Å². The SMILES string of the molecule is CN/C=C\C(N)=Nc1cc2c(cn1)[nH]c[n+]2C. The van der Waals surface area contributed by atoms with E-state index in [9.17, 15) is 0 Å². The lowest BCUT2D eigenvalue weighted by Crippen LogP contribution is -2.24. The Hall–Kier alpha value is -2.37. The van der Waals surface area contributed by atoms with Crippen molar-refractivity contribution in [3.05, 3.63) is 30.9 Å². The van der Waals surface area contributed by atoms with Gasteiger partial charge in [0.2, 0.25) is 6.33 Å². The molecule has 88 valence electrons. The van der Waals surface area contributed by atoms with Gasteiger partial charge in [-0.05, 0) is 12.3 Å². The molecule has 0 aliphatic rings. The molecule has 0 radical (unpaired) electrons. The normalized spacial score (nSPS) is 12.5. The molecule has 6 nitrogen and oxygen atoms in total. The number of aliphatic imine (C=N–C) groups is 1. The van der Waals surface area contributed by atoms with Crippen LogP contribution in [0.25, 0.3) is 11.0 Å². The van der Waals surface area contributed by atoms with E-state index in [0.29, 0.717) is 11.7 Å². The predicted octanol–water partition coefficient (Wildman–Crippen LogP) is 0.109. The molecule has 0 fully saturated rings. The number of aryl methyl sites for hydroxylation is 1. The van der Waals surface area contributed by atoms with Crippen LogP contribution in [0.1, 0.15) is 0 Å². The van der Waals surface area contributed by atoms with Crippen LogP contribution in [0.4, 0.5) is 5.82 Å². The highest BCUT2D eigenvalue weighted by molar-refractivity contribution is 5.93. The highest BCUT2D eigenvalue weighted by Crippen LogP contribution is 2.13. The topological polar surface area (TPSA) is 83.0 Å². The van der Waals surface area contributed by atoms with Crippen LogP contribution < -0.4 is 15.6 Å². The number of H-pyrrole nitrogens is 1. The Morgan fingerprint density at radius 3 is 3.24 bits per heavy atom. The van der Waals surface area contributed by atoms with Crippen LogP contribution in [0, 0.1) is 0 Å². The second-order valence-electron chi connectivity index (χ2n) is 3.60. The van der Waals surface area contributed by atoms with E-state index in [1.165, 1.54) is 0 Å². The smallest absolute Gasteiger partial charge is 0.242 e. The molecular formula is C11H15N6+. The Bertz CT molecular complexity index is 581. The summed E-state index contributed by atoms with van der Waals surface area (Å²) in [5.41, 5.74) is 7.72. The number of fused-ring (bicyclic) bond motifs is 1. The summed E-state index contributed by atoms with van der Waals surface area (Å²) >= 11 is 0. The van der Waals surface area contributed by atoms with Gasteiger partial charge in [0.1, 0.15) is 5.84 Å². The highest BCUT2D eigenvalue weighted by atomic mass is 15.0. The summed E-state index contributed by atoms with van der Waals surface area (Å²) in [5.74, 6) is 0.996. The van der Waals surface area contributed by atoms with E-state index in [0.717, 1.165) is 11.0 Å². The van der Waals surface area contributed by atoms with Crippen LogP contribution in [0.2, 0.25) is 0 Å². The van der Waals surface area contributed by atoms with E-state index in [1.54, 1.807) is 25.5 Å². The molecule has 2 heterocycles. The number of pyridine rings is 1. The van der Waals surface area contributed by atoms with Gasteiger partial charge in [0.05, 0.1) is 13.2 Å². The van der Waals surface area contributed by atoms with Gasteiger partial charge in [0.15, 0.2) is 16.9 Å². The fourth-order valence-corrected chi connectivity index (χ4v) is 1.47. The minimum atomic E-state index is 0.407. The monoisotopic (exact) mass is 231 g/mol. The van der Waals surface area contributed by atoms with E-state index in [4.69, 9.17) is 5.73 Å². The third-order valence-electron chi connectivity index (χ3n) is 2.33. The lowest BCUT2D eigenvalue weighted by atomic mass is 10.4. The summed E-state index contributed by atoms with van der Waals surface area (Å²) < 4.78 is 1.97. The number of hydrogen-bond donors (Lipinski definition) is 3. The van der Waals surface area contributed by atoms with Gasteiger partial charge < -0.3 is 11.1 Å². The van der Waals surface area contributed by atoms with Crippen LogP contribution in [0.3, 0.4) is 0 Å². The lowest BCUT2D eigenvalue weighted by Gasteiger charge is -1.94. The van der Waals surface area contributed by atoms with Crippen molar-refractivity contribution in [3.63, 3.8) is 0 Å². The predicted molar refractivity (Wildman–Crippen MR) is 66.8 cm³/mol. The molecule has 17 heavy (non-hydrogen) atoms. The number of aromatic amines is 1. The fourth-order valence-electron chi connectivity index (χ4n) is 1.47. The third kappa shape index (κ3) is 2.41. The Labute approximate surface area is 98.9 Å². The van der Waals surface area contributed by atoms with Crippen LogP contribution in [-0.4, -0.2) is 22.9 Å². The largest absolute Gasteiger partial charge is 0.394 e. The molecule has 0 amide bonds. The average Bonchev–Trinajstić information content (AvgIpc) is 2.68. The van der Waals surface area contributed by atoms with Gasteiger partial charge in [-0.15, -0.1) is 0 Å². The average molecular weight is 231 g/mol. The first-order valence-electron chi connectivity index (χ1n) is 5.21. The lowest BCUT2D eigenvalue weighted by molar-refractivity contribution is -0.644. The standard InChI is InChI=1S/C11H14N6/c1-13-4-3-10(12)16-11-5-9-8(6-14-11)15-7-17(9)2/h3-7H,1-2H3,(H3,12,13,14,16)/p+1. The molecule has 0 aliphatic heterocycles. The zero-order valence-corrected chi connectivity index (χ0v) is 9.81. The van der Waals surface area contributed by atoms with Gasteiger partial charge in [-0.1, -0.05) is 0 Å². The van der Waals surface area contributed by atoms with Crippen molar-refractivity contribution >= 4 is 22.7 Å². The van der Waals surface area contributed by atoms with Crippen LogP contribution in [-0.2, 0) is 7.05 Å². The van der Waals surface area contributed by atoms with E-state index >= 15 is 0 Å². The Kier molecular flexibility index (Phi) is 3.04. The zero-order chi connectivity index (χ0) is 12.3. The van der Waals surface area contributed by atoms with E-state index in [2.05, 4.69) is 20.3 Å². The molecule has 0 atom stereocenters. The molecule has 6 heteroatoms. The number of nitrogens with zero attached hydrogens (tertiary/aromatic N) is 3. The molecule has 2 aromatic rings. The van der Waals surface area contributed by atoms with Crippen molar-refractivity contribution in [1.29, 1.82) is 0 Å². The number of imidazole rings is 1. The maximum atomic E-state index is 5.72. The first kappa shape index (κ1) is 11.1. The second kappa shape index (κ2) is 4.65. The Morgan fingerprint density at radius 2 is 2.47 bits per heavy atom. The molecule has 0 aromatic carbocycles. The van der Waals surface area contributed by atoms with E-state index in [-0.39, 0.29) is 0 Å². The number of nitrogens with one attached hydrogen (secondary N) is 2. The summed E-state index contributed by atoms with van der Waals surface area (Å²) in [7, 11) is 3.75. The zero-order valence-electron chi connectivity index (χ0n) is 9.81. The molecule has 0 unspecified atom stereocenters. The van der Waals surface area contributed by atoms with Crippen molar-refractivity contribution in [2.75, 3.05) is 7.05 Å². The third-order valence-corrected chi connectivity index (χ3v) is 2.33. The number of aromatic nitrogens is 3.